The van der Waals surface area contributed by atoms with Crippen molar-refractivity contribution in [3.63, 3.8) is 0 Å². The molecule has 0 radical (unpaired) electrons. The summed E-state index contributed by atoms with van der Waals surface area (Å²) in [5.41, 5.74) is 0. The number of ether oxygens (including phenoxy) is 1. The fraction of sp³-hybridized carbons (Fsp3) is 0.818. The molecule has 0 saturated heterocycles. The maximum absolute atomic E-state index is 11.5. The number of hydrogen-bond donors (Lipinski definition) is 0. The van der Waals surface area contributed by atoms with Crippen LogP contribution in [0.5, 0.6) is 0 Å². The van der Waals surface area contributed by atoms with Crippen molar-refractivity contribution in [2.45, 2.75) is 39.0 Å². The monoisotopic (exact) mass is 198 g/mol. The summed E-state index contributed by atoms with van der Waals surface area (Å²) >= 11 is 0. The van der Waals surface area contributed by atoms with E-state index in [9.17, 15) is 9.59 Å². The van der Waals surface area contributed by atoms with Crippen LogP contribution in [-0.2, 0) is 14.3 Å². The SMILES string of the molecule is CCCC(C(=O)OC)C1CCC(=O)C1. The van der Waals surface area contributed by atoms with E-state index in [0.29, 0.717) is 18.6 Å². The highest BCUT2D eigenvalue weighted by molar-refractivity contribution is 5.82. The minimum absolute atomic E-state index is 0.0588. The molecule has 1 saturated carbocycles. The Bertz CT molecular complexity index is 223. The van der Waals surface area contributed by atoms with Crippen molar-refractivity contribution in [3.05, 3.63) is 0 Å². The lowest BCUT2D eigenvalue weighted by atomic mass is 9.87. The van der Waals surface area contributed by atoms with Gasteiger partial charge in [-0.15, -0.1) is 0 Å². The Kier molecular flexibility index (Phi) is 4.11. The average Bonchev–Trinajstić information content (AvgIpc) is 2.60. The van der Waals surface area contributed by atoms with Gasteiger partial charge in [-0.1, -0.05) is 13.3 Å². The van der Waals surface area contributed by atoms with Crippen LogP contribution in [0.4, 0.5) is 0 Å². The third kappa shape index (κ3) is 2.56. The van der Waals surface area contributed by atoms with E-state index in [1.807, 2.05) is 6.92 Å². The summed E-state index contributed by atoms with van der Waals surface area (Å²) in [5.74, 6) is 0.318. The second-order valence-electron chi connectivity index (χ2n) is 3.96. The van der Waals surface area contributed by atoms with E-state index in [2.05, 4.69) is 0 Å². The summed E-state index contributed by atoms with van der Waals surface area (Å²) in [7, 11) is 1.42. The molecule has 0 bridgehead atoms. The number of carbonyl (C=O) groups is 2. The van der Waals surface area contributed by atoms with Crippen LogP contribution in [0.1, 0.15) is 39.0 Å². The van der Waals surface area contributed by atoms with Crippen LogP contribution in [0.25, 0.3) is 0 Å². The molecule has 1 aliphatic rings. The smallest absolute Gasteiger partial charge is 0.308 e. The highest BCUT2D eigenvalue weighted by Gasteiger charge is 2.33. The number of ketones is 1. The third-order valence-electron chi connectivity index (χ3n) is 2.96. The Morgan fingerprint density at radius 1 is 1.64 bits per heavy atom. The molecule has 0 aliphatic heterocycles. The lowest BCUT2D eigenvalue weighted by Crippen LogP contribution is -2.23. The van der Waals surface area contributed by atoms with Crippen LogP contribution >= 0.6 is 0 Å². The molecule has 80 valence electrons. The molecule has 1 aliphatic carbocycles. The van der Waals surface area contributed by atoms with Crippen LogP contribution in [-0.4, -0.2) is 18.9 Å². The van der Waals surface area contributed by atoms with Crippen LogP contribution in [0.15, 0.2) is 0 Å². The minimum Gasteiger partial charge on any atom is -0.469 e. The first-order valence-corrected chi connectivity index (χ1v) is 5.28. The number of carbonyl (C=O) groups excluding carboxylic acids is 2. The largest absolute Gasteiger partial charge is 0.469 e. The normalized spacial score (nSPS) is 23.6. The summed E-state index contributed by atoms with van der Waals surface area (Å²) in [5, 5.41) is 0. The standard InChI is InChI=1S/C11H18O3/c1-3-4-10(11(13)14-2)8-5-6-9(12)7-8/h8,10H,3-7H2,1-2H3. The van der Waals surface area contributed by atoms with Gasteiger partial charge < -0.3 is 4.74 Å². The molecule has 3 nitrogen and oxygen atoms in total. The van der Waals surface area contributed by atoms with Crippen molar-refractivity contribution in [1.82, 2.24) is 0 Å². The van der Waals surface area contributed by atoms with Gasteiger partial charge in [-0.25, -0.2) is 0 Å². The molecule has 0 aromatic heterocycles. The first-order chi connectivity index (χ1) is 6.69. The van der Waals surface area contributed by atoms with Crippen molar-refractivity contribution in [3.8, 4) is 0 Å². The minimum atomic E-state index is -0.147. The zero-order valence-electron chi connectivity index (χ0n) is 8.91. The molecular formula is C11H18O3. The quantitative estimate of drug-likeness (QED) is 0.648. The molecule has 3 heteroatoms. The fourth-order valence-electron chi connectivity index (χ4n) is 2.19. The molecule has 0 N–H and O–H groups in total. The second-order valence-corrected chi connectivity index (χ2v) is 3.96. The van der Waals surface area contributed by atoms with E-state index in [1.54, 1.807) is 0 Å². The predicted octanol–water partition coefficient (Wildman–Crippen LogP) is 1.94. The zero-order valence-corrected chi connectivity index (χ0v) is 8.91. The van der Waals surface area contributed by atoms with E-state index in [-0.39, 0.29) is 17.8 Å². The van der Waals surface area contributed by atoms with Crippen molar-refractivity contribution < 1.29 is 14.3 Å². The van der Waals surface area contributed by atoms with E-state index in [1.165, 1.54) is 7.11 Å². The van der Waals surface area contributed by atoms with Gasteiger partial charge in [0.25, 0.3) is 0 Å². The molecule has 0 aromatic carbocycles. The van der Waals surface area contributed by atoms with Crippen LogP contribution in [0.3, 0.4) is 0 Å². The molecule has 2 unspecified atom stereocenters. The van der Waals surface area contributed by atoms with Crippen molar-refractivity contribution in [1.29, 1.82) is 0 Å². The maximum atomic E-state index is 11.5. The van der Waals surface area contributed by atoms with Crippen molar-refractivity contribution in [2.75, 3.05) is 7.11 Å². The van der Waals surface area contributed by atoms with E-state index in [4.69, 9.17) is 4.74 Å². The number of Topliss-reactive ketones (excluding diaryl/α,β-unsaturated/α-hetero) is 1. The van der Waals surface area contributed by atoms with Gasteiger partial charge >= 0.3 is 5.97 Å². The number of methoxy groups -OCH3 is 1. The molecular weight excluding hydrogens is 180 g/mol. The predicted molar refractivity (Wildman–Crippen MR) is 52.8 cm³/mol. The maximum Gasteiger partial charge on any atom is 0.308 e. The summed E-state index contributed by atoms with van der Waals surface area (Å²) in [6, 6.07) is 0. The summed E-state index contributed by atoms with van der Waals surface area (Å²) < 4.78 is 4.76. The highest BCUT2D eigenvalue weighted by atomic mass is 16.5. The Labute approximate surface area is 84.8 Å². The first kappa shape index (κ1) is 11.2. The Hall–Kier alpha value is -0.860. The second kappa shape index (κ2) is 5.13. The molecule has 0 amide bonds. The van der Waals surface area contributed by atoms with Gasteiger partial charge in [-0.2, -0.15) is 0 Å². The topological polar surface area (TPSA) is 43.4 Å². The lowest BCUT2D eigenvalue weighted by molar-refractivity contribution is -0.147. The van der Waals surface area contributed by atoms with Crippen molar-refractivity contribution in [2.24, 2.45) is 11.8 Å². The van der Waals surface area contributed by atoms with Crippen LogP contribution < -0.4 is 0 Å². The van der Waals surface area contributed by atoms with Crippen LogP contribution in [0, 0.1) is 11.8 Å². The van der Waals surface area contributed by atoms with Gasteiger partial charge in [0.2, 0.25) is 0 Å². The van der Waals surface area contributed by atoms with Gasteiger partial charge in [0, 0.05) is 12.8 Å². The zero-order chi connectivity index (χ0) is 10.6. The van der Waals surface area contributed by atoms with Gasteiger partial charge in [0.15, 0.2) is 0 Å². The molecule has 0 aromatic rings. The number of hydrogen-bond acceptors (Lipinski definition) is 3. The number of esters is 1. The molecule has 2 atom stereocenters. The first-order valence-electron chi connectivity index (χ1n) is 5.28. The summed E-state index contributed by atoms with van der Waals surface area (Å²) in [6.07, 6.45) is 3.87. The Morgan fingerprint density at radius 3 is 2.79 bits per heavy atom. The van der Waals surface area contributed by atoms with E-state index < -0.39 is 0 Å². The van der Waals surface area contributed by atoms with Gasteiger partial charge in [-0.3, -0.25) is 9.59 Å². The molecule has 1 fully saturated rings. The summed E-state index contributed by atoms with van der Waals surface area (Å²) in [4.78, 5) is 22.6. The average molecular weight is 198 g/mol. The number of rotatable bonds is 4. The Balaban J connectivity index is 2.57. The fourth-order valence-corrected chi connectivity index (χ4v) is 2.19. The highest BCUT2D eigenvalue weighted by Crippen LogP contribution is 2.32. The molecule has 1 rings (SSSR count). The van der Waals surface area contributed by atoms with Gasteiger partial charge in [-0.05, 0) is 18.8 Å². The van der Waals surface area contributed by atoms with Gasteiger partial charge in [0.05, 0.1) is 13.0 Å². The molecule has 0 heterocycles. The molecule has 0 spiro atoms. The van der Waals surface area contributed by atoms with Crippen molar-refractivity contribution >= 4 is 11.8 Å². The van der Waals surface area contributed by atoms with E-state index in [0.717, 1.165) is 19.3 Å². The Morgan fingerprint density at radius 2 is 2.36 bits per heavy atom. The summed E-state index contributed by atoms with van der Waals surface area (Å²) in [6.45, 7) is 2.05. The van der Waals surface area contributed by atoms with Crippen LogP contribution in [0.2, 0.25) is 0 Å². The third-order valence-corrected chi connectivity index (χ3v) is 2.96. The van der Waals surface area contributed by atoms with Gasteiger partial charge in [0.1, 0.15) is 5.78 Å². The molecule has 14 heavy (non-hydrogen) atoms. The lowest BCUT2D eigenvalue weighted by Gasteiger charge is -2.19. The van der Waals surface area contributed by atoms with E-state index >= 15 is 0 Å².